The number of unbranched alkanes of at least 4 members (excludes halogenated alkanes) is 31. The predicted molar refractivity (Wildman–Crippen MR) is 247 cm³/mol. The van der Waals surface area contributed by atoms with Crippen molar-refractivity contribution < 1.29 is 28.6 Å². The van der Waals surface area contributed by atoms with Crippen molar-refractivity contribution in [2.24, 2.45) is 11.8 Å². The maximum Gasteiger partial charge on any atom is 0.306 e. The lowest BCUT2D eigenvalue weighted by Gasteiger charge is -2.18. The minimum absolute atomic E-state index is 0.0646. The molecule has 1 atom stereocenters. The largest absolute Gasteiger partial charge is 0.462 e. The number of ether oxygens (including phenoxy) is 3. The fourth-order valence-electron chi connectivity index (χ4n) is 7.81. The minimum atomic E-state index is -0.760. The Morgan fingerprint density at radius 1 is 0.328 bits per heavy atom. The Morgan fingerprint density at radius 3 is 0.845 bits per heavy atom. The molecule has 6 nitrogen and oxygen atoms in total. The summed E-state index contributed by atoms with van der Waals surface area (Å²) in [6.45, 7) is 11.3. The number of carbonyl (C=O) groups excluding carboxylic acids is 3. The summed E-state index contributed by atoms with van der Waals surface area (Å²) >= 11 is 0. The van der Waals surface area contributed by atoms with Crippen LogP contribution in [0.3, 0.4) is 0 Å². The fraction of sp³-hybridized carbons (Fsp3) is 0.942. The van der Waals surface area contributed by atoms with Gasteiger partial charge in [0.1, 0.15) is 13.2 Å². The minimum Gasteiger partial charge on any atom is -0.462 e. The summed E-state index contributed by atoms with van der Waals surface area (Å²) < 4.78 is 16.7. The summed E-state index contributed by atoms with van der Waals surface area (Å²) in [7, 11) is 0. The second-order valence-electron chi connectivity index (χ2n) is 18.8. The molecule has 0 unspecified atom stereocenters. The van der Waals surface area contributed by atoms with Crippen molar-refractivity contribution in [2.45, 2.75) is 291 Å². The van der Waals surface area contributed by atoms with Gasteiger partial charge in [-0.25, -0.2) is 0 Å². The molecule has 0 aromatic carbocycles. The van der Waals surface area contributed by atoms with E-state index in [1.807, 2.05) is 0 Å². The van der Waals surface area contributed by atoms with Gasteiger partial charge >= 0.3 is 17.9 Å². The first kappa shape index (κ1) is 56.4. The molecule has 0 bridgehead atoms. The topological polar surface area (TPSA) is 78.9 Å². The normalized spacial score (nSPS) is 12.1. The Morgan fingerprint density at radius 2 is 0.569 bits per heavy atom. The third kappa shape index (κ3) is 45.5. The number of hydrogen-bond acceptors (Lipinski definition) is 6. The number of esters is 3. The summed E-state index contributed by atoms with van der Waals surface area (Å²) in [5, 5.41) is 0. The van der Waals surface area contributed by atoms with Crippen molar-refractivity contribution in [1.29, 1.82) is 0 Å². The van der Waals surface area contributed by atoms with Gasteiger partial charge in [0, 0.05) is 19.3 Å². The van der Waals surface area contributed by atoms with Crippen LogP contribution in [0.1, 0.15) is 285 Å². The lowest BCUT2D eigenvalue weighted by atomic mass is 10.0. The zero-order valence-electron chi connectivity index (χ0n) is 39.7. The summed E-state index contributed by atoms with van der Waals surface area (Å²) in [4.78, 5) is 37.7. The van der Waals surface area contributed by atoms with Gasteiger partial charge in [0.15, 0.2) is 6.10 Å². The predicted octanol–water partition coefficient (Wildman–Crippen LogP) is 16.5. The van der Waals surface area contributed by atoms with E-state index in [9.17, 15) is 14.4 Å². The van der Waals surface area contributed by atoms with Crippen LogP contribution in [0.2, 0.25) is 0 Å². The Kier molecular flexibility index (Phi) is 43.7. The van der Waals surface area contributed by atoms with Crippen molar-refractivity contribution >= 4 is 17.9 Å². The fourth-order valence-corrected chi connectivity index (χ4v) is 7.81. The molecule has 0 spiro atoms. The highest BCUT2D eigenvalue weighted by atomic mass is 16.6. The van der Waals surface area contributed by atoms with Crippen LogP contribution in [0.4, 0.5) is 0 Å². The molecule has 0 aromatic rings. The quantitative estimate of drug-likeness (QED) is 0.0346. The van der Waals surface area contributed by atoms with Crippen LogP contribution in [0, 0.1) is 11.8 Å². The summed E-state index contributed by atoms with van der Waals surface area (Å²) in [6.07, 6.45) is 45.4. The molecule has 0 N–H and O–H groups in total. The molecule has 0 saturated heterocycles. The first-order chi connectivity index (χ1) is 28.2. The average molecular weight is 821 g/mol. The molecular formula is C52H100O6. The Labute approximate surface area is 361 Å². The van der Waals surface area contributed by atoms with Gasteiger partial charge in [-0.05, 0) is 31.1 Å². The Bertz CT molecular complexity index is 885. The average Bonchev–Trinajstić information content (AvgIpc) is 3.19. The van der Waals surface area contributed by atoms with Crippen molar-refractivity contribution in [1.82, 2.24) is 0 Å². The van der Waals surface area contributed by atoms with Crippen LogP contribution >= 0.6 is 0 Å². The van der Waals surface area contributed by atoms with Gasteiger partial charge in [-0.2, -0.15) is 0 Å². The van der Waals surface area contributed by atoms with Crippen molar-refractivity contribution in [3.63, 3.8) is 0 Å². The van der Waals surface area contributed by atoms with Crippen LogP contribution in [0.15, 0.2) is 0 Å². The number of rotatable bonds is 46. The molecule has 0 heterocycles. The zero-order valence-corrected chi connectivity index (χ0v) is 39.7. The Hall–Kier alpha value is -1.59. The molecule has 58 heavy (non-hydrogen) atoms. The maximum atomic E-state index is 12.8. The standard InChI is InChI=1S/C52H100O6/c1-6-7-8-9-25-32-37-42-50(53)56-45-49(46-57-51(54)43-38-33-28-24-20-22-27-31-36-41-48(4)5)58-52(55)44-39-34-29-23-19-17-15-13-11-10-12-14-16-18-21-26-30-35-40-47(2)3/h47-49H,6-46H2,1-5H3/t49-/m1/s1. The molecule has 344 valence electrons. The van der Waals surface area contributed by atoms with Crippen LogP contribution in [0.25, 0.3) is 0 Å². The van der Waals surface area contributed by atoms with Crippen molar-refractivity contribution in [3.05, 3.63) is 0 Å². The van der Waals surface area contributed by atoms with E-state index in [0.29, 0.717) is 19.3 Å². The molecule has 6 heteroatoms. The van der Waals surface area contributed by atoms with E-state index in [1.54, 1.807) is 0 Å². The summed E-state index contributed by atoms with van der Waals surface area (Å²) in [5.74, 6) is 0.810. The van der Waals surface area contributed by atoms with E-state index < -0.39 is 6.10 Å². The highest BCUT2D eigenvalue weighted by molar-refractivity contribution is 5.71. The van der Waals surface area contributed by atoms with E-state index in [2.05, 4.69) is 34.6 Å². The van der Waals surface area contributed by atoms with Gasteiger partial charge in [0.2, 0.25) is 0 Å². The lowest BCUT2D eigenvalue weighted by molar-refractivity contribution is -0.167. The SMILES string of the molecule is CCCCCCCCCC(=O)OC[C@H](COC(=O)CCCCCCCCCCCC(C)C)OC(=O)CCCCCCCCCCCCCCCCCCCCC(C)C. The van der Waals surface area contributed by atoms with Crippen molar-refractivity contribution in [2.75, 3.05) is 13.2 Å². The maximum absolute atomic E-state index is 12.8. The molecule has 0 fully saturated rings. The smallest absolute Gasteiger partial charge is 0.306 e. The third-order valence-corrected chi connectivity index (χ3v) is 11.7. The molecule has 0 radical (unpaired) electrons. The lowest BCUT2D eigenvalue weighted by Crippen LogP contribution is -2.30. The van der Waals surface area contributed by atoms with Gasteiger partial charge in [-0.15, -0.1) is 0 Å². The molecule has 0 aliphatic rings. The second-order valence-corrected chi connectivity index (χ2v) is 18.8. The molecule has 0 rings (SSSR count). The first-order valence-corrected chi connectivity index (χ1v) is 25.7. The van der Waals surface area contributed by atoms with Gasteiger partial charge in [-0.3, -0.25) is 14.4 Å². The summed E-state index contributed by atoms with van der Waals surface area (Å²) in [6, 6.07) is 0. The highest BCUT2D eigenvalue weighted by Gasteiger charge is 2.19. The van der Waals surface area contributed by atoms with Gasteiger partial charge in [-0.1, -0.05) is 247 Å². The van der Waals surface area contributed by atoms with E-state index in [0.717, 1.165) is 69.6 Å². The van der Waals surface area contributed by atoms with Gasteiger partial charge in [0.25, 0.3) is 0 Å². The van der Waals surface area contributed by atoms with Crippen LogP contribution in [-0.2, 0) is 28.6 Å². The molecule has 0 aliphatic heterocycles. The van der Waals surface area contributed by atoms with E-state index in [-0.39, 0.29) is 31.1 Å². The van der Waals surface area contributed by atoms with Crippen molar-refractivity contribution in [3.8, 4) is 0 Å². The molecular weight excluding hydrogens is 721 g/mol. The Balaban J connectivity index is 4.15. The third-order valence-electron chi connectivity index (χ3n) is 11.7. The monoisotopic (exact) mass is 821 g/mol. The van der Waals surface area contributed by atoms with Gasteiger partial charge in [0.05, 0.1) is 0 Å². The number of carbonyl (C=O) groups is 3. The highest BCUT2D eigenvalue weighted by Crippen LogP contribution is 2.17. The second kappa shape index (κ2) is 44.9. The summed E-state index contributed by atoms with van der Waals surface area (Å²) in [5.41, 5.74) is 0. The molecule has 0 aliphatic carbocycles. The first-order valence-electron chi connectivity index (χ1n) is 25.7. The molecule has 0 amide bonds. The number of hydrogen-bond donors (Lipinski definition) is 0. The van der Waals surface area contributed by atoms with Crippen LogP contribution in [-0.4, -0.2) is 37.2 Å². The van der Waals surface area contributed by atoms with E-state index >= 15 is 0 Å². The van der Waals surface area contributed by atoms with Crippen LogP contribution < -0.4 is 0 Å². The molecule has 0 saturated carbocycles. The zero-order chi connectivity index (χ0) is 42.6. The van der Waals surface area contributed by atoms with Crippen LogP contribution in [0.5, 0.6) is 0 Å². The van der Waals surface area contributed by atoms with Gasteiger partial charge < -0.3 is 14.2 Å². The molecule has 0 aromatic heterocycles. The van der Waals surface area contributed by atoms with E-state index in [4.69, 9.17) is 14.2 Å². The van der Waals surface area contributed by atoms with E-state index in [1.165, 1.54) is 173 Å².